The maximum Gasteiger partial charge on any atom is 0.295 e. The normalized spacial score (nSPS) is 12.0. The van der Waals surface area contributed by atoms with Gasteiger partial charge in [-0.2, -0.15) is 0 Å². The van der Waals surface area contributed by atoms with Crippen molar-refractivity contribution in [1.29, 1.82) is 0 Å². The number of amides is 1. The number of hydrogen-bond donors (Lipinski definition) is 3. The molecule has 0 aliphatic heterocycles. The van der Waals surface area contributed by atoms with E-state index in [1.54, 1.807) is 12.1 Å². The number of anilines is 2. The molecule has 1 atom stereocenters. The largest absolute Gasteiger partial charge is 0.394 e. The van der Waals surface area contributed by atoms with Crippen LogP contribution in [-0.2, 0) is 4.84 Å². The molecule has 0 bridgehead atoms. The molecule has 0 saturated heterocycles. The molecule has 0 saturated carbocycles. The van der Waals surface area contributed by atoms with E-state index in [0.717, 1.165) is 15.7 Å². The minimum Gasteiger partial charge on any atom is -0.394 e. The van der Waals surface area contributed by atoms with Crippen molar-refractivity contribution in [3.8, 4) is 0 Å². The van der Waals surface area contributed by atoms with Gasteiger partial charge in [0, 0.05) is 15.3 Å². The van der Waals surface area contributed by atoms with Crippen LogP contribution in [0.2, 0.25) is 5.02 Å². The first kappa shape index (κ1) is 22.1. The standard InChI is InChI=1S/C16H13Cl2F2IN2O4/c17-11-5-8(21)1-4-13(11)22-15-10(2-3-12(19)14(15)20)16(26)23(18)27-7-9(25)6-24/h1-5,9,22,24-25H,6-7H2. The molecule has 0 radical (unpaired) electrons. The molecule has 27 heavy (non-hydrogen) atoms. The number of hydroxylamine groups is 1. The van der Waals surface area contributed by atoms with Gasteiger partial charge in [-0.05, 0) is 52.9 Å². The summed E-state index contributed by atoms with van der Waals surface area (Å²) in [5.41, 5.74) is -0.578. The minimum absolute atomic E-state index is 0.228. The van der Waals surface area contributed by atoms with Crippen LogP contribution in [0.15, 0.2) is 30.3 Å². The molecule has 0 spiro atoms. The smallest absolute Gasteiger partial charge is 0.295 e. The Bertz CT molecular complexity index is 844. The Morgan fingerprint density at radius 3 is 2.67 bits per heavy atom. The Morgan fingerprint density at radius 1 is 1.33 bits per heavy atom. The summed E-state index contributed by atoms with van der Waals surface area (Å²) in [6.45, 7) is -1.09. The number of nitrogens with zero attached hydrogens (tertiary/aromatic N) is 1. The predicted octanol–water partition coefficient (Wildman–Crippen LogP) is 3.85. The first-order valence-electron chi connectivity index (χ1n) is 7.36. The number of hydrogen-bond acceptors (Lipinski definition) is 5. The summed E-state index contributed by atoms with van der Waals surface area (Å²) in [6, 6.07) is 6.59. The van der Waals surface area contributed by atoms with Crippen molar-refractivity contribution in [3.63, 3.8) is 0 Å². The molecule has 2 rings (SSSR count). The summed E-state index contributed by atoms with van der Waals surface area (Å²) in [5.74, 6) is -3.52. The van der Waals surface area contributed by atoms with Gasteiger partial charge in [0.2, 0.25) is 0 Å². The number of rotatable bonds is 7. The average Bonchev–Trinajstić information content (AvgIpc) is 2.64. The second-order valence-corrected chi connectivity index (χ2v) is 7.18. The Morgan fingerprint density at radius 2 is 2.04 bits per heavy atom. The predicted molar refractivity (Wildman–Crippen MR) is 105 cm³/mol. The fraction of sp³-hybridized carbons (Fsp3) is 0.188. The summed E-state index contributed by atoms with van der Waals surface area (Å²) >= 11 is 13.8. The zero-order valence-corrected chi connectivity index (χ0v) is 17.1. The molecule has 0 heterocycles. The number of nitrogens with one attached hydrogen (secondary N) is 1. The third kappa shape index (κ3) is 5.62. The van der Waals surface area contributed by atoms with Crippen molar-refractivity contribution in [2.75, 3.05) is 18.5 Å². The maximum atomic E-state index is 14.3. The second kappa shape index (κ2) is 9.80. The topological polar surface area (TPSA) is 82.0 Å². The molecule has 1 unspecified atom stereocenters. The summed E-state index contributed by atoms with van der Waals surface area (Å²) in [5, 5.41) is 20.8. The van der Waals surface area contributed by atoms with Crippen LogP contribution in [0.25, 0.3) is 0 Å². The van der Waals surface area contributed by atoms with Gasteiger partial charge in [0.15, 0.2) is 11.6 Å². The molecule has 1 amide bonds. The van der Waals surface area contributed by atoms with Gasteiger partial charge in [-0.1, -0.05) is 11.6 Å². The Labute approximate surface area is 176 Å². The number of benzene rings is 2. The first-order chi connectivity index (χ1) is 12.7. The molecule has 0 aliphatic carbocycles. The van der Waals surface area contributed by atoms with Gasteiger partial charge in [0.1, 0.15) is 12.7 Å². The van der Waals surface area contributed by atoms with Crippen LogP contribution in [0.1, 0.15) is 10.4 Å². The van der Waals surface area contributed by atoms with E-state index in [4.69, 9.17) is 33.3 Å². The average molecular weight is 533 g/mol. The first-order valence-corrected chi connectivity index (χ1v) is 9.16. The highest BCUT2D eigenvalue weighted by molar-refractivity contribution is 14.1. The lowest BCUT2D eigenvalue weighted by Crippen LogP contribution is -2.29. The van der Waals surface area contributed by atoms with Gasteiger partial charge >= 0.3 is 0 Å². The van der Waals surface area contributed by atoms with Gasteiger partial charge in [-0.3, -0.25) is 9.63 Å². The Balaban J connectivity index is 2.34. The highest BCUT2D eigenvalue weighted by Gasteiger charge is 2.24. The zero-order chi connectivity index (χ0) is 20.1. The highest BCUT2D eigenvalue weighted by atomic mass is 127. The van der Waals surface area contributed by atoms with Crippen LogP contribution < -0.4 is 5.32 Å². The van der Waals surface area contributed by atoms with Gasteiger partial charge in [0.05, 0.1) is 28.6 Å². The molecule has 0 aliphatic rings. The van der Waals surface area contributed by atoms with Crippen LogP contribution >= 0.6 is 46.0 Å². The minimum atomic E-state index is -1.31. The molecule has 2 aromatic carbocycles. The Hall–Kier alpha value is -1.24. The number of aliphatic hydroxyl groups is 2. The molecular weight excluding hydrogens is 520 g/mol. The third-order valence-electron chi connectivity index (χ3n) is 3.27. The molecular formula is C16H13Cl2F2IN2O4. The summed E-state index contributed by atoms with van der Waals surface area (Å²) < 4.78 is 29.1. The lowest BCUT2D eigenvalue weighted by atomic mass is 10.1. The molecule has 0 fully saturated rings. The SMILES string of the molecule is O=C(c1ccc(F)c(F)c1Nc1ccc(I)cc1Cl)N(Cl)OCC(O)CO. The van der Waals surface area contributed by atoms with Crippen molar-refractivity contribution in [2.45, 2.75) is 6.10 Å². The fourth-order valence-corrected chi connectivity index (χ4v) is 2.98. The number of carbonyl (C=O) groups excluding carboxylic acids is 1. The van der Waals surface area contributed by atoms with Crippen LogP contribution in [0.3, 0.4) is 0 Å². The van der Waals surface area contributed by atoms with E-state index in [9.17, 15) is 18.7 Å². The molecule has 3 N–H and O–H groups in total. The van der Waals surface area contributed by atoms with E-state index in [-0.39, 0.29) is 20.9 Å². The van der Waals surface area contributed by atoms with Crippen molar-refractivity contribution in [1.82, 2.24) is 4.58 Å². The van der Waals surface area contributed by atoms with Crippen LogP contribution in [0, 0.1) is 15.2 Å². The van der Waals surface area contributed by atoms with E-state index < -0.39 is 42.5 Å². The molecule has 6 nitrogen and oxygen atoms in total. The van der Waals surface area contributed by atoms with E-state index in [2.05, 4.69) is 5.32 Å². The third-order valence-corrected chi connectivity index (χ3v) is 4.50. The Kier molecular flexibility index (Phi) is 8.01. The highest BCUT2D eigenvalue weighted by Crippen LogP contribution is 2.32. The van der Waals surface area contributed by atoms with Crippen LogP contribution in [0.5, 0.6) is 0 Å². The van der Waals surface area contributed by atoms with Crippen molar-refractivity contribution < 1.29 is 28.6 Å². The van der Waals surface area contributed by atoms with E-state index in [1.807, 2.05) is 22.6 Å². The molecule has 0 aromatic heterocycles. The summed E-state index contributed by atoms with van der Waals surface area (Å²) in [7, 11) is 0. The van der Waals surface area contributed by atoms with E-state index in [1.165, 1.54) is 6.07 Å². The van der Waals surface area contributed by atoms with Gasteiger partial charge in [-0.15, -0.1) is 4.58 Å². The van der Waals surface area contributed by atoms with Crippen LogP contribution in [0.4, 0.5) is 20.2 Å². The molecule has 146 valence electrons. The van der Waals surface area contributed by atoms with Gasteiger partial charge < -0.3 is 15.5 Å². The lowest BCUT2D eigenvalue weighted by Gasteiger charge is -2.18. The van der Waals surface area contributed by atoms with Gasteiger partial charge in [-0.25, -0.2) is 8.78 Å². The summed E-state index contributed by atoms with van der Waals surface area (Å²) in [4.78, 5) is 17.2. The summed E-state index contributed by atoms with van der Waals surface area (Å²) in [6.07, 6.45) is -1.27. The fourth-order valence-electron chi connectivity index (χ4n) is 1.93. The van der Waals surface area contributed by atoms with Crippen molar-refractivity contribution in [3.05, 3.63) is 56.1 Å². The van der Waals surface area contributed by atoms with E-state index in [0.29, 0.717) is 0 Å². The molecule has 11 heteroatoms. The monoisotopic (exact) mass is 532 g/mol. The van der Waals surface area contributed by atoms with Crippen molar-refractivity contribution in [2.24, 2.45) is 0 Å². The zero-order valence-electron chi connectivity index (χ0n) is 13.4. The second-order valence-electron chi connectivity index (χ2n) is 5.22. The lowest BCUT2D eigenvalue weighted by molar-refractivity contribution is -0.0980. The van der Waals surface area contributed by atoms with E-state index >= 15 is 0 Å². The van der Waals surface area contributed by atoms with Crippen LogP contribution in [-0.4, -0.2) is 40.0 Å². The quantitative estimate of drug-likeness (QED) is 0.287. The number of carbonyl (C=O) groups is 1. The number of halogens is 5. The maximum absolute atomic E-state index is 14.3. The van der Waals surface area contributed by atoms with Crippen molar-refractivity contribution >= 4 is 63.3 Å². The molecule has 2 aromatic rings. The number of aliphatic hydroxyl groups excluding tert-OH is 2. The van der Waals surface area contributed by atoms with Gasteiger partial charge in [0.25, 0.3) is 5.91 Å².